The Bertz CT molecular complexity index is 353. The lowest BCUT2D eigenvalue weighted by molar-refractivity contribution is -0.153. The van der Waals surface area contributed by atoms with Crippen LogP contribution >= 0.6 is 0 Å². The molecule has 0 radical (unpaired) electrons. The van der Waals surface area contributed by atoms with Crippen LogP contribution in [-0.2, 0) is 9.59 Å². The third-order valence-electron chi connectivity index (χ3n) is 4.31. The van der Waals surface area contributed by atoms with Gasteiger partial charge in [0.2, 0.25) is 5.91 Å². The molecule has 1 rings (SSSR count). The standard InChI is InChI=1S/C14H26N2O3/c1-9(2)11(15)12(17)16-7-5-6-10(8-16)14(3,4)13(18)19/h9-11H,5-8,15H2,1-4H3,(H,18,19). The van der Waals surface area contributed by atoms with Gasteiger partial charge in [0, 0.05) is 13.1 Å². The first kappa shape index (κ1) is 16.0. The van der Waals surface area contributed by atoms with E-state index in [0.29, 0.717) is 13.1 Å². The van der Waals surface area contributed by atoms with Crippen molar-refractivity contribution in [1.29, 1.82) is 0 Å². The van der Waals surface area contributed by atoms with Gasteiger partial charge in [-0.3, -0.25) is 9.59 Å². The maximum absolute atomic E-state index is 12.2. The maximum atomic E-state index is 12.2. The molecule has 0 aromatic heterocycles. The molecule has 0 aromatic carbocycles. The van der Waals surface area contributed by atoms with E-state index in [-0.39, 0.29) is 17.7 Å². The smallest absolute Gasteiger partial charge is 0.309 e. The Balaban J connectivity index is 2.75. The number of hydrogen-bond acceptors (Lipinski definition) is 3. The molecule has 110 valence electrons. The minimum atomic E-state index is -0.806. The highest BCUT2D eigenvalue weighted by molar-refractivity contribution is 5.82. The SMILES string of the molecule is CC(C)C(N)C(=O)N1CCCC(C(C)(C)C(=O)O)C1. The normalized spacial score (nSPS) is 22.4. The second-order valence-electron chi connectivity index (χ2n) is 6.42. The summed E-state index contributed by atoms with van der Waals surface area (Å²) in [4.78, 5) is 25.3. The number of carbonyl (C=O) groups excluding carboxylic acids is 1. The van der Waals surface area contributed by atoms with E-state index in [1.807, 2.05) is 13.8 Å². The van der Waals surface area contributed by atoms with E-state index in [4.69, 9.17) is 5.73 Å². The van der Waals surface area contributed by atoms with Gasteiger partial charge in [-0.05, 0) is 38.5 Å². The van der Waals surface area contributed by atoms with Crippen molar-refractivity contribution in [2.24, 2.45) is 23.0 Å². The molecule has 1 fully saturated rings. The number of carboxylic acid groups (broad SMARTS) is 1. The van der Waals surface area contributed by atoms with E-state index in [1.54, 1.807) is 18.7 Å². The van der Waals surface area contributed by atoms with Crippen molar-refractivity contribution < 1.29 is 14.7 Å². The molecule has 5 heteroatoms. The van der Waals surface area contributed by atoms with Crippen LogP contribution in [0.2, 0.25) is 0 Å². The Labute approximate surface area is 115 Å². The van der Waals surface area contributed by atoms with Crippen molar-refractivity contribution >= 4 is 11.9 Å². The topological polar surface area (TPSA) is 83.6 Å². The fourth-order valence-corrected chi connectivity index (χ4v) is 2.44. The number of likely N-dealkylation sites (tertiary alicyclic amines) is 1. The molecule has 1 aliphatic rings. The highest BCUT2D eigenvalue weighted by Gasteiger charge is 2.40. The van der Waals surface area contributed by atoms with Crippen molar-refractivity contribution in [2.75, 3.05) is 13.1 Å². The van der Waals surface area contributed by atoms with Gasteiger partial charge in [0.15, 0.2) is 0 Å². The number of piperidine rings is 1. The minimum Gasteiger partial charge on any atom is -0.481 e. The van der Waals surface area contributed by atoms with Crippen LogP contribution in [0.1, 0.15) is 40.5 Å². The largest absolute Gasteiger partial charge is 0.481 e. The van der Waals surface area contributed by atoms with Gasteiger partial charge in [-0.2, -0.15) is 0 Å². The zero-order valence-electron chi connectivity index (χ0n) is 12.3. The number of rotatable bonds is 4. The lowest BCUT2D eigenvalue weighted by Crippen LogP contribution is -2.52. The third kappa shape index (κ3) is 3.47. The zero-order valence-corrected chi connectivity index (χ0v) is 12.3. The summed E-state index contributed by atoms with van der Waals surface area (Å²) in [5.41, 5.74) is 5.09. The first-order chi connectivity index (χ1) is 8.67. The van der Waals surface area contributed by atoms with Crippen molar-refractivity contribution in [2.45, 2.75) is 46.6 Å². The minimum absolute atomic E-state index is 0.0120. The van der Waals surface area contributed by atoms with Gasteiger partial charge in [0.05, 0.1) is 11.5 Å². The summed E-state index contributed by atoms with van der Waals surface area (Å²) in [5.74, 6) is -0.775. The Hall–Kier alpha value is -1.10. The molecule has 0 saturated carbocycles. The van der Waals surface area contributed by atoms with E-state index < -0.39 is 17.4 Å². The van der Waals surface area contributed by atoms with Crippen LogP contribution in [0, 0.1) is 17.3 Å². The van der Waals surface area contributed by atoms with Crippen molar-refractivity contribution in [3.05, 3.63) is 0 Å². The molecule has 3 N–H and O–H groups in total. The molecule has 2 atom stereocenters. The van der Waals surface area contributed by atoms with Crippen molar-refractivity contribution in [1.82, 2.24) is 4.90 Å². The number of amides is 1. The van der Waals surface area contributed by atoms with E-state index in [2.05, 4.69) is 0 Å². The lowest BCUT2D eigenvalue weighted by Gasteiger charge is -2.40. The number of hydrogen-bond donors (Lipinski definition) is 2. The second-order valence-corrected chi connectivity index (χ2v) is 6.42. The summed E-state index contributed by atoms with van der Waals surface area (Å²) in [7, 11) is 0. The lowest BCUT2D eigenvalue weighted by atomic mass is 9.74. The maximum Gasteiger partial charge on any atom is 0.309 e. The fourth-order valence-electron chi connectivity index (χ4n) is 2.44. The van der Waals surface area contributed by atoms with Crippen LogP contribution in [0.15, 0.2) is 0 Å². The molecular weight excluding hydrogens is 244 g/mol. The van der Waals surface area contributed by atoms with E-state index in [9.17, 15) is 14.7 Å². The molecule has 5 nitrogen and oxygen atoms in total. The van der Waals surface area contributed by atoms with Crippen LogP contribution in [0.5, 0.6) is 0 Å². The number of carbonyl (C=O) groups is 2. The van der Waals surface area contributed by atoms with Crippen LogP contribution in [0.3, 0.4) is 0 Å². The molecular formula is C14H26N2O3. The Morgan fingerprint density at radius 3 is 2.42 bits per heavy atom. The predicted octanol–water partition coefficient (Wildman–Crippen LogP) is 1.32. The van der Waals surface area contributed by atoms with Crippen LogP contribution < -0.4 is 5.73 Å². The average Bonchev–Trinajstić information content (AvgIpc) is 2.36. The van der Waals surface area contributed by atoms with E-state index in [1.165, 1.54) is 0 Å². The molecule has 1 amide bonds. The van der Waals surface area contributed by atoms with Crippen molar-refractivity contribution in [3.63, 3.8) is 0 Å². The quantitative estimate of drug-likeness (QED) is 0.807. The summed E-state index contributed by atoms with van der Waals surface area (Å²) in [6.07, 6.45) is 1.69. The summed E-state index contributed by atoms with van der Waals surface area (Å²) >= 11 is 0. The van der Waals surface area contributed by atoms with Crippen LogP contribution in [-0.4, -0.2) is 41.0 Å². The van der Waals surface area contributed by atoms with E-state index >= 15 is 0 Å². The summed E-state index contributed by atoms with van der Waals surface area (Å²) in [5, 5.41) is 9.29. The van der Waals surface area contributed by atoms with Crippen LogP contribution in [0.4, 0.5) is 0 Å². The van der Waals surface area contributed by atoms with Gasteiger partial charge in [-0.15, -0.1) is 0 Å². The van der Waals surface area contributed by atoms with Gasteiger partial charge in [-0.1, -0.05) is 13.8 Å². The number of aliphatic carboxylic acids is 1. The summed E-state index contributed by atoms with van der Waals surface area (Å²) < 4.78 is 0. The molecule has 1 saturated heterocycles. The summed E-state index contributed by atoms with van der Waals surface area (Å²) in [6, 6.07) is -0.494. The monoisotopic (exact) mass is 270 g/mol. The first-order valence-electron chi connectivity index (χ1n) is 6.95. The van der Waals surface area contributed by atoms with Gasteiger partial charge < -0.3 is 15.7 Å². The predicted molar refractivity (Wildman–Crippen MR) is 73.5 cm³/mol. The molecule has 0 aliphatic carbocycles. The highest BCUT2D eigenvalue weighted by atomic mass is 16.4. The van der Waals surface area contributed by atoms with Gasteiger partial charge in [-0.25, -0.2) is 0 Å². The van der Waals surface area contributed by atoms with Crippen molar-refractivity contribution in [3.8, 4) is 0 Å². The molecule has 0 bridgehead atoms. The number of nitrogens with two attached hydrogens (primary N) is 1. The second kappa shape index (κ2) is 5.90. The highest BCUT2D eigenvalue weighted by Crippen LogP contribution is 2.34. The molecule has 0 aromatic rings. The molecule has 0 spiro atoms. The van der Waals surface area contributed by atoms with Gasteiger partial charge in [0.25, 0.3) is 0 Å². The molecule has 1 heterocycles. The number of carboxylic acids is 1. The molecule has 1 aliphatic heterocycles. The molecule has 19 heavy (non-hydrogen) atoms. The fraction of sp³-hybridized carbons (Fsp3) is 0.857. The number of nitrogens with zero attached hydrogens (tertiary/aromatic N) is 1. The Morgan fingerprint density at radius 2 is 1.95 bits per heavy atom. The Morgan fingerprint density at radius 1 is 1.37 bits per heavy atom. The van der Waals surface area contributed by atoms with Gasteiger partial charge in [0.1, 0.15) is 0 Å². The van der Waals surface area contributed by atoms with E-state index in [0.717, 1.165) is 12.8 Å². The Kier molecular flexibility index (Phi) is 4.96. The molecule has 2 unspecified atom stereocenters. The zero-order chi connectivity index (χ0) is 14.8. The van der Waals surface area contributed by atoms with Gasteiger partial charge >= 0.3 is 5.97 Å². The average molecular weight is 270 g/mol. The summed E-state index contributed by atoms with van der Waals surface area (Å²) in [6.45, 7) is 8.49. The first-order valence-corrected chi connectivity index (χ1v) is 6.95. The van der Waals surface area contributed by atoms with Crippen LogP contribution in [0.25, 0.3) is 0 Å². The third-order valence-corrected chi connectivity index (χ3v) is 4.31.